The maximum atomic E-state index is 12.1. The highest BCUT2D eigenvalue weighted by Gasteiger charge is 2.27. The number of carbonyl (C=O) groups is 1. The Morgan fingerprint density at radius 3 is 2.86 bits per heavy atom. The van der Waals surface area contributed by atoms with E-state index in [0.29, 0.717) is 12.6 Å². The average Bonchev–Trinajstić information content (AvgIpc) is 2.45. The number of aromatic nitrogens is 1. The lowest BCUT2D eigenvalue weighted by Crippen LogP contribution is -2.49. The third kappa shape index (κ3) is 5.30. The largest absolute Gasteiger partial charge is 0.444 e. The van der Waals surface area contributed by atoms with Crippen LogP contribution in [0.4, 0.5) is 4.79 Å². The van der Waals surface area contributed by atoms with Gasteiger partial charge in [0, 0.05) is 31.9 Å². The molecule has 0 radical (unpaired) electrons. The molecule has 1 amide bonds. The first-order valence-electron chi connectivity index (χ1n) is 7.96. The minimum atomic E-state index is -0.441. The van der Waals surface area contributed by atoms with Gasteiger partial charge in [0.2, 0.25) is 0 Å². The van der Waals surface area contributed by atoms with Gasteiger partial charge >= 0.3 is 6.09 Å². The number of nitrogens with one attached hydrogen (secondary N) is 1. The van der Waals surface area contributed by atoms with Crippen molar-refractivity contribution in [2.75, 3.05) is 13.1 Å². The van der Waals surface area contributed by atoms with E-state index in [1.54, 1.807) is 4.90 Å². The van der Waals surface area contributed by atoms with Crippen LogP contribution >= 0.6 is 0 Å². The number of hydrogen-bond acceptors (Lipinski definition) is 4. The summed E-state index contributed by atoms with van der Waals surface area (Å²) in [6, 6.07) is 4.40. The molecular formula is C17H27N3O2. The second-order valence-electron chi connectivity index (χ2n) is 6.97. The zero-order chi connectivity index (χ0) is 16.2. The van der Waals surface area contributed by atoms with Crippen LogP contribution in [0, 0.1) is 6.92 Å². The van der Waals surface area contributed by atoms with Crippen molar-refractivity contribution in [3.05, 3.63) is 29.6 Å². The summed E-state index contributed by atoms with van der Waals surface area (Å²) in [7, 11) is 0. The van der Waals surface area contributed by atoms with Gasteiger partial charge in [-0.2, -0.15) is 0 Å². The fourth-order valence-corrected chi connectivity index (χ4v) is 2.49. The SMILES string of the molecule is Cc1ccc(CN[C@H]2CCCN(C(=O)OC(C)(C)C)C2)nc1. The minimum absolute atomic E-state index is 0.215. The zero-order valence-corrected chi connectivity index (χ0v) is 14.1. The van der Waals surface area contributed by atoms with E-state index in [1.165, 1.54) is 0 Å². The van der Waals surface area contributed by atoms with Crippen molar-refractivity contribution in [3.8, 4) is 0 Å². The van der Waals surface area contributed by atoms with Gasteiger partial charge in [0.1, 0.15) is 5.60 Å². The van der Waals surface area contributed by atoms with Gasteiger partial charge in [0.25, 0.3) is 0 Å². The Morgan fingerprint density at radius 1 is 1.45 bits per heavy atom. The highest BCUT2D eigenvalue weighted by atomic mass is 16.6. The van der Waals surface area contributed by atoms with Crippen LogP contribution in [0.15, 0.2) is 18.3 Å². The summed E-state index contributed by atoms with van der Waals surface area (Å²) in [6.07, 6.45) is 3.74. The molecule has 2 rings (SSSR count). The zero-order valence-electron chi connectivity index (χ0n) is 14.1. The number of hydrogen-bond donors (Lipinski definition) is 1. The lowest BCUT2D eigenvalue weighted by molar-refractivity contribution is 0.0187. The smallest absolute Gasteiger partial charge is 0.410 e. The van der Waals surface area contributed by atoms with Crippen LogP contribution in [-0.2, 0) is 11.3 Å². The molecule has 22 heavy (non-hydrogen) atoms. The Bertz CT molecular complexity index is 494. The lowest BCUT2D eigenvalue weighted by atomic mass is 10.1. The monoisotopic (exact) mass is 305 g/mol. The third-order valence-electron chi connectivity index (χ3n) is 3.62. The molecule has 1 aliphatic heterocycles. The maximum absolute atomic E-state index is 12.1. The van der Waals surface area contributed by atoms with Crippen LogP contribution in [0.5, 0.6) is 0 Å². The molecule has 0 bridgehead atoms. The van der Waals surface area contributed by atoms with E-state index >= 15 is 0 Å². The Balaban J connectivity index is 1.82. The molecular weight excluding hydrogens is 278 g/mol. The second kappa shape index (κ2) is 7.09. The van der Waals surface area contributed by atoms with Gasteiger partial charge in [-0.15, -0.1) is 0 Å². The number of nitrogens with zero attached hydrogens (tertiary/aromatic N) is 2. The van der Waals surface area contributed by atoms with Crippen LogP contribution in [0.1, 0.15) is 44.9 Å². The van der Waals surface area contributed by atoms with Gasteiger partial charge in [-0.25, -0.2) is 4.79 Å². The highest BCUT2D eigenvalue weighted by molar-refractivity contribution is 5.68. The molecule has 5 heteroatoms. The number of amides is 1. The summed E-state index contributed by atoms with van der Waals surface area (Å²) in [5.74, 6) is 0. The molecule has 2 heterocycles. The van der Waals surface area contributed by atoms with Crippen molar-refractivity contribution in [3.63, 3.8) is 0 Å². The number of pyridine rings is 1. The summed E-state index contributed by atoms with van der Waals surface area (Å²) >= 11 is 0. The van der Waals surface area contributed by atoms with E-state index in [0.717, 1.165) is 37.2 Å². The van der Waals surface area contributed by atoms with Gasteiger partial charge < -0.3 is 15.0 Å². The molecule has 1 fully saturated rings. The van der Waals surface area contributed by atoms with Crippen LogP contribution in [0.25, 0.3) is 0 Å². The molecule has 1 N–H and O–H groups in total. The van der Waals surface area contributed by atoms with Crippen LogP contribution < -0.4 is 5.32 Å². The number of rotatable bonds is 3. The third-order valence-corrected chi connectivity index (χ3v) is 3.62. The van der Waals surface area contributed by atoms with Crippen molar-refractivity contribution in [1.82, 2.24) is 15.2 Å². The van der Waals surface area contributed by atoms with E-state index in [1.807, 2.05) is 40.0 Å². The molecule has 1 aromatic heterocycles. The van der Waals surface area contributed by atoms with Crippen molar-refractivity contribution in [2.45, 2.75) is 58.7 Å². The Kier molecular flexibility index (Phi) is 5.40. The number of carbonyl (C=O) groups excluding carboxylic acids is 1. The van der Waals surface area contributed by atoms with Gasteiger partial charge in [-0.3, -0.25) is 4.98 Å². The molecule has 0 unspecified atom stereocenters. The van der Waals surface area contributed by atoms with E-state index in [9.17, 15) is 4.79 Å². The summed E-state index contributed by atoms with van der Waals surface area (Å²) in [5, 5.41) is 3.49. The van der Waals surface area contributed by atoms with Crippen molar-refractivity contribution < 1.29 is 9.53 Å². The predicted octanol–water partition coefficient (Wildman–Crippen LogP) is 2.88. The van der Waals surface area contributed by atoms with Crippen LogP contribution in [0.3, 0.4) is 0 Å². The highest BCUT2D eigenvalue weighted by Crippen LogP contribution is 2.15. The number of piperidine rings is 1. The van der Waals surface area contributed by atoms with E-state index in [-0.39, 0.29) is 6.09 Å². The second-order valence-corrected chi connectivity index (χ2v) is 6.97. The Morgan fingerprint density at radius 2 is 2.23 bits per heavy atom. The molecule has 0 aromatic carbocycles. The summed E-state index contributed by atoms with van der Waals surface area (Å²) in [4.78, 5) is 18.3. The fourth-order valence-electron chi connectivity index (χ4n) is 2.49. The van der Waals surface area contributed by atoms with E-state index < -0.39 is 5.60 Å². The molecule has 5 nitrogen and oxygen atoms in total. The van der Waals surface area contributed by atoms with E-state index in [2.05, 4.69) is 16.4 Å². The van der Waals surface area contributed by atoms with Crippen LogP contribution in [-0.4, -0.2) is 40.7 Å². The molecule has 1 aromatic rings. The summed E-state index contributed by atoms with van der Waals surface area (Å²) in [6.45, 7) is 9.92. The van der Waals surface area contributed by atoms with Crippen molar-refractivity contribution in [1.29, 1.82) is 0 Å². The number of ether oxygens (including phenoxy) is 1. The molecule has 1 atom stereocenters. The first-order chi connectivity index (χ1) is 10.3. The molecule has 1 aliphatic rings. The fraction of sp³-hybridized carbons (Fsp3) is 0.647. The van der Waals surface area contributed by atoms with Crippen molar-refractivity contribution in [2.24, 2.45) is 0 Å². The molecule has 122 valence electrons. The van der Waals surface area contributed by atoms with Gasteiger partial charge in [-0.1, -0.05) is 6.07 Å². The standard InChI is InChI=1S/C17H27N3O2/c1-13-7-8-14(18-10-13)11-19-15-6-5-9-20(12-15)16(21)22-17(2,3)4/h7-8,10,15,19H,5-6,9,11-12H2,1-4H3/t15-/m0/s1. The predicted molar refractivity (Wildman–Crippen MR) is 86.6 cm³/mol. The molecule has 0 saturated carbocycles. The van der Waals surface area contributed by atoms with E-state index in [4.69, 9.17) is 4.74 Å². The topological polar surface area (TPSA) is 54.5 Å². The quantitative estimate of drug-likeness (QED) is 0.933. The minimum Gasteiger partial charge on any atom is -0.444 e. The molecule has 0 aliphatic carbocycles. The Hall–Kier alpha value is -1.62. The van der Waals surface area contributed by atoms with Gasteiger partial charge in [-0.05, 0) is 52.2 Å². The van der Waals surface area contributed by atoms with Crippen molar-refractivity contribution >= 4 is 6.09 Å². The number of likely N-dealkylation sites (tertiary alicyclic amines) is 1. The van der Waals surface area contributed by atoms with Gasteiger partial charge in [0.05, 0.1) is 5.69 Å². The Labute approximate surface area is 133 Å². The number of aryl methyl sites for hydroxylation is 1. The molecule has 1 saturated heterocycles. The first kappa shape index (κ1) is 16.7. The molecule has 0 spiro atoms. The van der Waals surface area contributed by atoms with Gasteiger partial charge in [0.15, 0.2) is 0 Å². The first-order valence-corrected chi connectivity index (χ1v) is 7.96. The summed E-state index contributed by atoms with van der Waals surface area (Å²) < 4.78 is 5.45. The van der Waals surface area contributed by atoms with Crippen LogP contribution in [0.2, 0.25) is 0 Å². The maximum Gasteiger partial charge on any atom is 0.410 e. The lowest BCUT2D eigenvalue weighted by Gasteiger charge is -2.34. The average molecular weight is 305 g/mol. The normalized spacial score (nSPS) is 19.1. The summed E-state index contributed by atoms with van der Waals surface area (Å²) in [5.41, 5.74) is 1.75.